The number of halogens is 1. The lowest BCUT2D eigenvalue weighted by molar-refractivity contribution is 0.293. The van der Waals surface area contributed by atoms with Crippen molar-refractivity contribution in [1.82, 2.24) is 5.32 Å². The summed E-state index contributed by atoms with van der Waals surface area (Å²) in [5.74, 6) is 0. The van der Waals surface area contributed by atoms with Gasteiger partial charge in [0, 0.05) is 5.54 Å². The highest BCUT2D eigenvalue weighted by atomic mass is 19.1. The van der Waals surface area contributed by atoms with E-state index in [1.807, 2.05) is 20.9 Å². The van der Waals surface area contributed by atoms with Gasteiger partial charge in [0.15, 0.2) is 0 Å². The molecule has 0 rings (SSSR count). The molecule has 0 aromatic carbocycles. The summed E-state index contributed by atoms with van der Waals surface area (Å²) < 4.78 is 12.3. The predicted octanol–water partition coefficient (Wildman–Crippen LogP) is 1.69. The van der Waals surface area contributed by atoms with E-state index in [9.17, 15) is 4.39 Å². The molecule has 2 radical (unpaired) electrons. The first-order valence-corrected chi connectivity index (χ1v) is 3.87. The highest BCUT2D eigenvalue weighted by Crippen LogP contribution is 2.31. The van der Waals surface area contributed by atoms with Crippen molar-refractivity contribution >= 4 is 7.85 Å². The summed E-state index contributed by atoms with van der Waals surface area (Å²) in [6, 6.07) is 0. The van der Waals surface area contributed by atoms with Crippen LogP contribution >= 0.6 is 0 Å². The van der Waals surface area contributed by atoms with E-state index in [0.717, 1.165) is 0 Å². The van der Waals surface area contributed by atoms with Crippen molar-refractivity contribution in [1.29, 1.82) is 0 Å². The van der Waals surface area contributed by atoms with Crippen LogP contribution in [0, 0.1) is 0 Å². The lowest BCUT2D eigenvalue weighted by atomic mass is 9.65. The lowest BCUT2D eigenvalue weighted by Crippen LogP contribution is -2.39. The molecule has 0 saturated heterocycles. The van der Waals surface area contributed by atoms with Crippen molar-refractivity contribution in [3.8, 4) is 0 Å². The lowest BCUT2D eigenvalue weighted by Gasteiger charge is -2.33. The van der Waals surface area contributed by atoms with Gasteiger partial charge in [0.25, 0.3) is 0 Å². The molecule has 1 N–H and O–H groups in total. The summed E-state index contributed by atoms with van der Waals surface area (Å²) in [6.07, 6.45) is 0.632. The first kappa shape index (κ1) is 11.0. The highest BCUT2D eigenvalue weighted by Gasteiger charge is 2.26. The van der Waals surface area contributed by atoms with Crippen LogP contribution in [0.25, 0.3) is 0 Å². The number of rotatable bonds is 4. The van der Waals surface area contributed by atoms with Gasteiger partial charge < -0.3 is 5.32 Å². The molecule has 0 heterocycles. The molecule has 0 aliphatic rings. The maximum Gasteiger partial charge on any atom is 0.0870 e. The van der Waals surface area contributed by atoms with Crippen LogP contribution in [0.5, 0.6) is 0 Å². The molecular weight excluding hydrogens is 140 g/mol. The average Bonchev–Trinajstić information content (AvgIpc) is 1.86. The molecule has 0 amide bonds. The molecule has 0 saturated carbocycles. The van der Waals surface area contributed by atoms with Crippen molar-refractivity contribution in [3.63, 3.8) is 0 Å². The molecule has 0 aromatic heterocycles. The second kappa shape index (κ2) is 3.57. The Balaban J connectivity index is 4.02. The summed E-state index contributed by atoms with van der Waals surface area (Å²) in [6.45, 7) is 5.27. The quantitative estimate of drug-likeness (QED) is 0.612. The van der Waals surface area contributed by atoms with Gasteiger partial charge in [-0.1, -0.05) is 6.92 Å². The molecule has 1 nitrogen and oxygen atoms in total. The zero-order valence-electron chi connectivity index (χ0n) is 7.87. The molecule has 0 bridgehead atoms. The zero-order chi connectivity index (χ0) is 9.12. The summed E-state index contributed by atoms with van der Waals surface area (Å²) in [5.41, 5.74) is -0.0877. The minimum Gasteiger partial charge on any atom is -0.315 e. The average molecular weight is 157 g/mol. The van der Waals surface area contributed by atoms with E-state index in [1.165, 1.54) is 0 Å². The standard InChI is InChI=1S/C8H17BFN/c1-7(2,11-4)5-8(3,9)6-10/h11H,5-6H2,1-4H3. The Bertz CT molecular complexity index is 109. The van der Waals surface area contributed by atoms with Gasteiger partial charge in [0.05, 0.1) is 14.5 Å². The monoisotopic (exact) mass is 157 g/mol. The van der Waals surface area contributed by atoms with Crippen LogP contribution in [-0.2, 0) is 0 Å². The Morgan fingerprint density at radius 3 is 2.09 bits per heavy atom. The topological polar surface area (TPSA) is 12.0 Å². The van der Waals surface area contributed by atoms with Crippen molar-refractivity contribution in [2.45, 2.75) is 38.0 Å². The fourth-order valence-corrected chi connectivity index (χ4v) is 1.15. The van der Waals surface area contributed by atoms with Gasteiger partial charge >= 0.3 is 0 Å². The largest absolute Gasteiger partial charge is 0.315 e. The van der Waals surface area contributed by atoms with Crippen LogP contribution < -0.4 is 5.32 Å². The van der Waals surface area contributed by atoms with Gasteiger partial charge in [-0.25, -0.2) is 0 Å². The number of hydrogen-bond acceptors (Lipinski definition) is 1. The van der Waals surface area contributed by atoms with Gasteiger partial charge in [-0.05, 0) is 32.6 Å². The van der Waals surface area contributed by atoms with Gasteiger partial charge in [0.1, 0.15) is 0 Å². The summed E-state index contributed by atoms with van der Waals surface area (Å²) in [5, 5.41) is 2.38. The van der Waals surface area contributed by atoms with Crippen molar-refractivity contribution in [2.75, 3.05) is 13.7 Å². The fraction of sp³-hybridized carbons (Fsp3) is 1.00. The predicted molar refractivity (Wildman–Crippen MR) is 47.9 cm³/mol. The first-order chi connectivity index (χ1) is 4.83. The SMILES string of the molecule is [B]C(C)(CF)CC(C)(C)NC. The summed E-state index contributed by atoms with van der Waals surface area (Å²) in [7, 11) is 7.52. The molecule has 11 heavy (non-hydrogen) atoms. The van der Waals surface area contributed by atoms with Gasteiger partial charge in [-0.3, -0.25) is 4.39 Å². The summed E-state index contributed by atoms with van der Waals surface area (Å²) >= 11 is 0. The zero-order valence-corrected chi connectivity index (χ0v) is 7.87. The second-order valence-corrected chi connectivity index (χ2v) is 4.10. The molecule has 0 spiro atoms. The molecule has 0 aliphatic heterocycles. The van der Waals surface area contributed by atoms with E-state index in [1.54, 1.807) is 6.92 Å². The van der Waals surface area contributed by atoms with Gasteiger partial charge in [0.2, 0.25) is 0 Å². The first-order valence-electron chi connectivity index (χ1n) is 3.87. The van der Waals surface area contributed by atoms with Crippen molar-refractivity contribution in [3.05, 3.63) is 0 Å². The van der Waals surface area contributed by atoms with Crippen LogP contribution in [0.3, 0.4) is 0 Å². The van der Waals surface area contributed by atoms with Crippen LogP contribution in [0.4, 0.5) is 4.39 Å². The second-order valence-electron chi connectivity index (χ2n) is 4.10. The molecule has 3 heteroatoms. The summed E-state index contributed by atoms with van der Waals surface area (Å²) in [4.78, 5) is 0. The van der Waals surface area contributed by atoms with E-state index in [4.69, 9.17) is 7.85 Å². The maximum absolute atomic E-state index is 12.3. The molecule has 1 atom stereocenters. The van der Waals surface area contributed by atoms with Crippen LogP contribution in [0.2, 0.25) is 5.31 Å². The fourth-order valence-electron chi connectivity index (χ4n) is 1.15. The van der Waals surface area contributed by atoms with Crippen molar-refractivity contribution in [2.24, 2.45) is 0 Å². The van der Waals surface area contributed by atoms with E-state index in [0.29, 0.717) is 6.42 Å². The Morgan fingerprint density at radius 2 is 1.82 bits per heavy atom. The molecule has 1 unspecified atom stereocenters. The van der Waals surface area contributed by atoms with Crippen LogP contribution in [0.15, 0.2) is 0 Å². The normalized spacial score (nSPS) is 17.9. The molecule has 0 aliphatic carbocycles. The van der Waals surface area contributed by atoms with Crippen LogP contribution in [0.1, 0.15) is 27.2 Å². The third kappa shape index (κ3) is 4.41. The third-order valence-corrected chi connectivity index (χ3v) is 1.83. The molecule has 0 fully saturated rings. The van der Waals surface area contributed by atoms with E-state index < -0.39 is 12.0 Å². The minimum atomic E-state index is -0.702. The number of hydrogen-bond donors (Lipinski definition) is 1. The number of nitrogens with one attached hydrogen (secondary N) is 1. The smallest absolute Gasteiger partial charge is 0.0870 e. The van der Waals surface area contributed by atoms with Gasteiger partial charge in [-0.2, -0.15) is 0 Å². The van der Waals surface area contributed by atoms with Crippen molar-refractivity contribution < 1.29 is 4.39 Å². The molecule has 64 valence electrons. The van der Waals surface area contributed by atoms with E-state index in [-0.39, 0.29) is 5.54 Å². The maximum atomic E-state index is 12.3. The van der Waals surface area contributed by atoms with Crippen LogP contribution in [-0.4, -0.2) is 27.1 Å². The minimum absolute atomic E-state index is 0.0877. The van der Waals surface area contributed by atoms with E-state index >= 15 is 0 Å². The highest BCUT2D eigenvalue weighted by molar-refractivity contribution is 6.15. The Kier molecular flexibility index (Phi) is 3.55. The Morgan fingerprint density at radius 1 is 1.36 bits per heavy atom. The third-order valence-electron chi connectivity index (χ3n) is 1.83. The molecule has 0 aromatic rings. The van der Waals surface area contributed by atoms with E-state index in [2.05, 4.69) is 5.32 Å². The Labute approximate surface area is 70.2 Å². The van der Waals surface area contributed by atoms with Gasteiger partial charge in [-0.15, -0.1) is 0 Å². The number of alkyl halides is 1. The Hall–Kier alpha value is -0.0451. The molecular formula is C8H17BFN.